The van der Waals surface area contributed by atoms with Gasteiger partial charge in [0.15, 0.2) is 12.0 Å². The summed E-state index contributed by atoms with van der Waals surface area (Å²) in [7, 11) is -4.16. The first-order chi connectivity index (χ1) is 16.3. The lowest BCUT2D eigenvalue weighted by Gasteiger charge is -2.48. The second-order valence-electron chi connectivity index (χ2n) is 7.69. The molecule has 1 aliphatic heterocycles. The van der Waals surface area contributed by atoms with Crippen LogP contribution >= 0.6 is 0 Å². The van der Waals surface area contributed by atoms with E-state index in [0.29, 0.717) is 0 Å². The van der Waals surface area contributed by atoms with Crippen LogP contribution in [0.25, 0.3) is 0 Å². The molecule has 1 aliphatic rings. The number of rotatable bonds is 14. The van der Waals surface area contributed by atoms with Gasteiger partial charge in [-0.25, -0.2) is 22.0 Å². The standard InChI is InChI=1S/C18H25F13O4Si/c1-4-32-14(8-7-9-36(35-14,33-5-2)34-6-3)13(23)16(26,27)18(30,31)17(28,29)15(24,25)11(20)10(19)12(21)22/h10-13H,4-9H2,1-3H3. The van der Waals surface area contributed by atoms with Crippen LogP contribution in [0, 0.1) is 0 Å². The Bertz CT molecular complexity index is 699. The van der Waals surface area contributed by atoms with Gasteiger partial charge < -0.3 is 18.0 Å². The topological polar surface area (TPSA) is 36.9 Å². The van der Waals surface area contributed by atoms with Gasteiger partial charge in [-0.2, -0.15) is 35.1 Å². The summed E-state index contributed by atoms with van der Waals surface area (Å²) >= 11 is 0. The molecular formula is C18H25F13O4Si. The van der Waals surface area contributed by atoms with E-state index in [0.717, 1.165) is 6.92 Å². The summed E-state index contributed by atoms with van der Waals surface area (Å²) in [6, 6.07) is -0.165. The molecule has 0 amide bonds. The Morgan fingerprint density at radius 1 is 0.778 bits per heavy atom. The Morgan fingerprint density at radius 2 is 1.25 bits per heavy atom. The molecule has 4 unspecified atom stereocenters. The maximum absolute atomic E-state index is 15.2. The minimum atomic E-state index is -7.57. The van der Waals surface area contributed by atoms with Gasteiger partial charge in [0, 0.05) is 32.3 Å². The zero-order valence-corrected chi connectivity index (χ0v) is 20.1. The van der Waals surface area contributed by atoms with E-state index in [2.05, 4.69) is 0 Å². The predicted molar refractivity (Wildman–Crippen MR) is 99.0 cm³/mol. The van der Waals surface area contributed by atoms with Crippen molar-refractivity contribution in [3.05, 3.63) is 0 Å². The highest BCUT2D eigenvalue weighted by molar-refractivity contribution is 6.61. The molecule has 0 bridgehead atoms. The molecule has 18 heteroatoms. The van der Waals surface area contributed by atoms with Crippen LogP contribution in [0.2, 0.25) is 6.04 Å². The van der Waals surface area contributed by atoms with Crippen LogP contribution in [-0.4, -0.2) is 83.0 Å². The van der Waals surface area contributed by atoms with Gasteiger partial charge in [-0.15, -0.1) is 0 Å². The van der Waals surface area contributed by atoms with Gasteiger partial charge in [0.1, 0.15) is 0 Å². The summed E-state index contributed by atoms with van der Waals surface area (Å²) < 4.78 is 200. The smallest absolute Gasteiger partial charge is 0.374 e. The molecule has 0 aromatic carbocycles. The van der Waals surface area contributed by atoms with Gasteiger partial charge in [-0.3, -0.25) is 0 Å². The minimum absolute atomic E-state index is 0.165. The van der Waals surface area contributed by atoms with Crippen molar-refractivity contribution >= 4 is 8.80 Å². The second kappa shape index (κ2) is 11.5. The molecule has 4 nitrogen and oxygen atoms in total. The Kier molecular flexibility index (Phi) is 10.6. The second-order valence-corrected chi connectivity index (χ2v) is 10.3. The number of hydrogen-bond donors (Lipinski definition) is 0. The molecule has 0 aromatic rings. The largest absolute Gasteiger partial charge is 0.503 e. The minimum Gasteiger partial charge on any atom is -0.374 e. The number of ether oxygens (including phenoxy) is 1. The third kappa shape index (κ3) is 5.61. The molecule has 216 valence electrons. The summed E-state index contributed by atoms with van der Waals surface area (Å²) in [5.41, 5.74) is 0. The van der Waals surface area contributed by atoms with Gasteiger partial charge in [0.2, 0.25) is 12.3 Å². The van der Waals surface area contributed by atoms with E-state index in [1.54, 1.807) is 0 Å². The molecule has 0 N–H and O–H groups in total. The highest BCUT2D eigenvalue weighted by Gasteiger charge is 2.86. The Morgan fingerprint density at radius 3 is 1.67 bits per heavy atom. The third-order valence-electron chi connectivity index (χ3n) is 5.26. The average Bonchev–Trinajstić information content (AvgIpc) is 2.77. The van der Waals surface area contributed by atoms with Crippen LogP contribution in [0.15, 0.2) is 0 Å². The van der Waals surface area contributed by atoms with Crippen molar-refractivity contribution in [3.8, 4) is 0 Å². The summed E-state index contributed by atoms with van der Waals surface area (Å²) in [6.45, 7) is 2.63. The van der Waals surface area contributed by atoms with Crippen molar-refractivity contribution < 1.29 is 75.1 Å². The number of halogens is 13. The van der Waals surface area contributed by atoms with Crippen molar-refractivity contribution in [1.29, 1.82) is 0 Å². The number of hydrogen-bond acceptors (Lipinski definition) is 4. The fourth-order valence-corrected chi connectivity index (χ4v) is 6.43. The van der Waals surface area contributed by atoms with Crippen molar-refractivity contribution in [1.82, 2.24) is 0 Å². The molecule has 36 heavy (non-hydrogen) atoms. The molecule has 1 fully saturated rings. The van der Waals surface area contributed by atoms with Crippen LogP contribution in [0.3, 0.4) is 0 Å². The molecule has 1 heterocycles. The lowest BCUT2D eigenvalue weighted by molar-refractivity contribution is -0.405. The van der Waals surface area contributed by atoms with Crippen molar-refractivity contribution in [2.24, 2.45) is 0 Å². The summed E-state index contributed by atoms with van der Waals surface area (Å²) in [5.74, 6) is -32.4. The molecular weight excluding hydrogens is 555 g/mol. The normalized spacial score (nSPS) is 24.6. The first kappa shape index (κ1) is 33.2. The predicted octanol–water partition coefficient (Wildman–Crippen LogP) is 6.36. The first-order valence-corrected chi connectivity index (χ1v) is 12.5. The summed E-state index contributed by atoms with van der Waals surface area (Å²) in [5, 5.41) is 0. The van der Waals surface area contributed by atoms with Crippen LogP contribution in [0.1, 0.15) is 33.6 Å². The van der Waals surface area contributed by atoms with Crippen LogP contribution in [-0.2, 0) is 18.0 Å². The highest BCUT2D eigenvalue weighted by Crippen LogP contribution is 2.58. The molecule has 0 spiro atoms. The lowest BCUT2D eigenvalue weighted by Crippen LogP contribution is -2.72. The average molecular weight is 580 g/mol. The van der Waals surface area contributed by atoms with Gasteiger partial charge in [-0.05, 0) is 27.2 Å². The lowest BCUT2D eigenvalue weighted by atomic mass is 9.88. The van der Waals surface area contributed by atoms with E-state index >= 15 is 4.39 Å². The molecule has 0 radical (unpaired) electrons. The fraction of sp³-hybridized carbons (Fsp3) is 1.00. The summed E-state index contributed by atoms with van der Waals surface area (Å²) in [4.78, 5) is 0. The van der Waals surface area contributed by atoms with E-state index in [4.69, 9.17) is 18.0 Å². The highest BCUT2D eigenvalue weighted by atomic mass is 28.4. The molecule has 0 saturated carbocycles. The van der Waals surface area contributed by atoms with E-state index in [1.807, 2.05) is 0 Å². The Balaban J connectivity index is 3.55. The third-order valence-corrected chi connectivity index (χ3v) is 8.34. The van der Waals surface area contributed by atoms with E-state index in [1.165, 1.54) is 13.8 Å². The van der Waals surface area contributed by atoms with Crippen LogP contribution in [0.4, 0.5) is 57.1 Å². The molecule has 4 atom stereocenters. The van der Waals surface area contributed by atoms with Gasteiger partial charge in [0.05, 0.1) is 0 Å². The molecule has 0 aliphatic carbocycles. The monoisotopic (exact) mass is 580 g/mol. The van der Waals surface area contributed by atoms with E-state index in [-0.39, 0.29) is 25.7 Å². The molecule has 1 rings (SSSR count). The van der Waals surface area contributed by atoms with Crippen molar-refractivity contribution in [2.45, 2.75) is 94.1 Å². The maximum Gasteiger partial charge on any atom is 0.503 e. The van der Waals surface area contributed by atoms with Gasteiger partial charge >= 0.3 is 32.5 Å². The van der Waals surface area contributed by atoms with Crippen LogP contribution in [0.5, 0.6) is 0 Å². The first-order valence-electron chi connectivity index (χ1n) is 10.6. The molecule has 0 aromatic heterocycles. The zero-order chi connectivity index (χ0) is 28.4. The SMILES string of the molecule is CCOC1(C(F)C(F)(F)C(F)(F)C(F)(F)C(F)(F)C(F)C(F)C(F)F)CCC[Si](OCC)(OCC)O1. The number of alkyl halides is 13. The van der Waals surface area contributed by atoms with Crippen molar-refractivity contribution in [3.63, 3.8) is 0 Å². The summed E-state index contributed by atoms with van der Waals surface area (Å²) in [6.07, 6.45) is -20.7. The van der Waals surface area contributed by atoms with Gasteiger partial charge in [0.25, 0.3) is 6.43 Å². The Labute approximate surface area is 198 Å². The van der Waals surface area contributed by atoms with E-state index in [9.17, 15) is 52.7 Å². The van der Waals surface area contributed by atoms with Gasteiger partial charge in [-0.1, -0.05) is 0 Å². The van der Waals surface area contributed by atoms with E-state index < -0.39 is 76.2 Å². The van der Waals surface area contributed by atoms with Crippen LogP contribution < -0.4 is 0 Å². The molecule has 1 saturated heterocycles. The Hall–Kier alpha value is -0.853. The maximum atomic E-state index is 15.2. The zero-order valence-electron chi connectivity index (χ0n) is 19.1. The fourth-order valence-electron chi connectivity index (χ4n) is 3.55. The van der Waals surface area contributed by atoms with Crippen molar-refractivity contribution in [2.75, 3.05) is 19.8 Å². The quantitative estimate of drug-likeness (QED) is 0.177.